The molecule has 2 aromatic rings. The zero-order chi connectivity index (χ0) is 14.7. The van der Waals surface area contributed by atoms with Crippen LogP contribution >= 0.6 is 23.2 Å². The van der Waals surface area contributed by atoms with Crippen LogP contribution in [-0.4, -0.2) is 10.2 Å². The van der Waals surface area contributed by atoms with Crippen LogP contribution in [0.15, 0.2) is 40.8 Å². The van der Waals surface area contributed by atoms with Crippen LogP contribution in [-0.2, 0) is 4.79 Å². The molecule has 0 radical (unpaired) electrons. The summed E-state index contributed by atoms with van der Waals surface area (Å²) in [6.07, 6.45) is 2.55. The lowest BCUT2D eigenvalue weighted by Gasteiger charge is -1.99. The van der Waals surface area contributed by atoms with Crippen molar-refractivity contribution in [2.45, 2.75) is 0 Å². The molecule has 0 amide bonds. The van der Waals surface area contributed by atoms with Crippen LogP contribution in [0.2, 0.25) is 5.02 Å². The predicted molar refractivity (Wildman–Crippen MR) is 75.7 cm³/mol. The molecule has 5 nitrogen and oxygen atoms in total. The number of halogens is 2. The van der Waals surface area contributed by atoms with Gasteiger partial charge in [-0.25, -0.2) is 0 Å². The third-order valence-electron chi connectivity index (χ3n) is 2.43. The number of nitro benzene ring substituents is 1. The number of hydrogen-bond acceptors (Lipinski definition) is 4. The van der Waals surface area contributed by atoms with E-state index in [-0.39, 0.29) is 10.7 Å². The van der Waals surface area contributed by atoms with Gasteiger partial charge in [0.05, 0.1) is 4.92 Å². The van der Waals surface area contributed by atoms with E-state index in [0.717, 1.165) is 6.08 Å². The molecule has 0 saturated carbocycles. The summed E-state index contributed by atoms with van der Waals surface area (Å²) in [6.45, 7) is 0. The quantitative estimate of drug-likeness (QED) is 0.365. The average Bonchev–Trinajstić information content (AvgIpc) is 2.85. The van der Waals surface area contributed by atoms with Crippen LogP contribution in [0.4, 0.5) is 5.69 Å². The van der Waals surface area contributed by atoms with Crippen LogP contribution in [0.5, 0.6) is 0 Å². The van der Waals surface area contributed by atoms with Gasteiger partial charge >= 0.3 is 0 Å². The number of carbonyl (C=O) groups excluding carboxylic acids is 1. The van der Waals surface area contributed by atoms with Gasteiger partial charge in [-0.3, -0.25) is 14.9 Å². The molecule has 2 rings (SSSR count). The first-order valence-corrected chi connectivity index (χ1v) is 6.14. The van der Waals surface area contributed by atoms with Gasteiger partial charge < -0.3 is 4.42 Å². The van der Waals surface area contributed by atoms with Crippen LogP contribution in [0.3, 0.4) is 0 Å². The molecule has 7 heteroatoms. The van der Waals surface area contributed by atoms with Gasteiger partial charge in [-0.15, -0.1) is 0 Å². The summed E-state index contributed by atoms with van der Waals surface area (Å²) < 4.78 is 5.43. The molecule has 0 aliphatic carbocycles. The largest absolute Gasteiger partial charge is 0.457 e. The van der Waals surface area contributed by atoms with Crippen molar-refractivity contribution in [3.63, 3.8) is 0 Å². The van der Waals surface area contributed by atoms with Gasteiger partial charge in [-0.05, 0) is 41.9 Å². The second-order valence-electron chi connectivity index (χ2n) is 3.76. The van der Waals surface area contributed by atoms with Crippen LogP contribution in [0, 0.1) is 10.1 Å². The molecule has 0 fully saturated rings. The summed E-state index contributed by atoms with van der Waals surface area (Å²) in [5, 5.41) is 10.2. The van der Waals surface area contributed by atoms with E-state index in [1.165, 1.54) is 18.2 Å². The molecule has 0 atom stereocenters. The molecule has 0 saturated heterocycles. The molecule has 0 unspecified atom stereocenters. The maximum absolute atomic E-state index is 10.8. The van der Waals surface area contributed by atoms with E-state index < -0.39 is 10.2 Å². The van der Waals surface area contributed by atoms with E-state index in [1.54, 1.807) is 18.2 Å². The second kappa shape index (κ2) is 5.90. The number of carbonyl (C=O) groups is 1. The molecule has 20 heavy (non-hydrogen) atoms. The minimum atomic E-state index is -0.620. The maximum atomic E-state index is 10.8. The number of nitrogens with zero attached hydrogens (tertiary/aromatic N) is 1. The summed E-state index contributed by atoms with van der Waals surface area (Å²) >= 11 is 10.9. The Kier molecular flexibility index (Phi) is 4.22. The van der Waals surface area contributed by atoms with Gasteiger partial charge in [0.1, 0.15) is 16.5 Å². The first kappa shape index (κ1) is 14.3. The van der Waals surface area contributed by atoms with E-state index in [0.29, 0.717) is 17.1 Å². The van der Waals surface area contributed by atoms with Crippen LogP contribution < -0.4 is 0 Å². The molecule has 1 aromatic heterocycles. The Morgan fingerprint density at radius 1 is 1.30 bits per heavy atom. The smallest absolute Gasteiger partial charge is 0.288 e. The lowest BCUT2D eigenvalue weighted by atomic mass is 10.1. The standard InChI is InChI=1S/C13H7Cl2NO4/c14-10-4-1-8(7-11(10)16(18)19)12-5-2-9(20-12)3-6-13(15)17/h1-7H/b6-3+. The molecular formula is C13H7Cl2NO4. The number of nitro groups is 1. The van der Waals surface area contributed by atoms with E-state index in [1.807, 2.05) is 0 Å². The third kappa shape index (κ3) is 3.26. The Labute approximate surface area is 123 Å². The van der Waals surface area contributed by atoms with Crippen molar-refractivity contribution in [1.82, 2.24) is 0 Å². The first-order valence-electron chi connectivity index (χ1n) is 5.39. The minimum Gasteiger partial charge on any atom is -0.457 e. The zero-order valence-corrected chi connectivity index (χ0v) is 11.4. The molecule has 1 heterocycles. The van der Waals surface area contributed by atoms with Crippen molar-refractivity contribution in [2.75, 3.05) is 0 Å². The van der Waals surface area contributed by atoms with Crippen molar-refractivity contribution in [1.29, 1.82) is 0 Å². The second-order valence-corrected chi connectivity index (χ2v) is 4.54. The highest BCUT2D eigenvalue weighted by atomic mass is 35.5. The fourth-order valence-corrected chi connectivity index (χ4v) is 1.80. The van der Waals surface area contributed by atoms with Gasteiger partial charge in [0.2, 0.25) is 5.24 Å². The van der Waals surface area contributed by atoms with Crippen molar-refractivity contribution in [2.24, 2.45) is 0 Å². The Balaban J connectivity index is 2.35. The van der Waals surface area contributed by atoms with Crippen molar-refractivity contribution < 1.29 is 14.1 Å². The normalized spacial score (nSPS) is 10.9. The highest BCUT2D eigenvalue weighted by Gasteiger charge is 2.14. The molecule has 1 aromatic carbocycles. The molecular weight excluding hydrogens is 305 g/mol. The number of rotatable bonds is 4. The number of furan rings is 1. The highest BCUT2D eigenvalue weighted by Crippen LogP contribution is 2.31. The SMILES string of the molecule is O=C(Cl)/C=C/c1ccc(-c2ccc(Cl)c([N+](=O)[O-])c2)o1. The summed E-state index contributed by atoms with van der Waals surface area (Å²) in [7, 11) is 0. The molecule has 0 spiro atoms. The van der Waals surface area contributed by atoms with Gasteiger partial charge in [0.25, 0.3) is 5.69 Å². The lowest BCUT2D eigenvalue weighted by molar-refractivity contribution is -0.384. The molecule has 0 aliphatic heterocycles. The Hall–Kier alpha value is -2.11. The van der Waals surface area contributed by atoms with E-state index in [9.17, 15) is 14.9 Å². The molecule has 0 aliphatic rings. The Bertz CT molecular complexity index is 706. The lowest BCUT2D eigenvalue weighted by Crippen LogP contribution is -1.89. The maximum Gasteiger partial charge on any atom is 0.288 e. The van der Waals surface area contributed by atoms with Crippen molar-refractivity contribution in [3.05, 3.63) is 57.3 Å². The van der Waals surface area contributed by atoms with Gasteiger partial charge in [-0.2, -0.15) is 0 Å². The number of benzene rings is 1. The minimum absolute atomic E-state index is 0.0539. The van der Waals surface area contributed by atoms with E-state index >= 15 is 0 Å². The van der Waals surface area contributed by atoms with Gasteiger partial charge in [0.15, 0.2) is 0 Å². The fourth-order valence-electron chi connectivity index (χ4n) is 1.55. The highest BCUT2D eigenvalue weighted by molar-refractivity contribution is 6.66. The van der Waals surface area contributed by atoms with Crippen LogP contribution in [0.1, 0.15) is 5.76 Å². The molecule has 0 N–H and O–H groups in total. The summed E-state index contributed by atoms with van der Waals surface area (Å²) in [5.41, 5.74) is 0.312. The topological polar surface area (TPSA) is 73.3 Å². The first-order chi connectivity index (χ1) is 9.47. The average molecular weight is 312 g/mol. The Morgan fingerprint density at radius 3 is 2.70 bits per heavy atom. The molecule has 0 bridgehead atoms. The Morgan fingerprint density at radius 2 is 2.05 bits per heavy atom. The third-order valence-corrected chi connectivity index (χ3v) is 2.88. The summed E-state index contributed by atoms with van der Waals surface area (Å²) in [4.78, 5) is 20.8. The van der Waals surface area contributed by atoms with Crippen molar-refractivity contribution >= 4 is 40.2 Å². The van der Waals surface area contributed by atoms with Gasteiger partial charge in [-0.1, -0.05) is 11.6 Å². The monoisotopic (exact) mass is 311 g/mol. The van der Waals surface area contributed by atoms with E-state index in [2.05, 4.69) is 0 Å². The van der Waals surface area contributed by atoms with Crippen LogP contribution in [0.25, 0.3) is 17.4 Å². The number of hydrogen-bond donors (Lipinski definition) is 0. The summed E-state index contributed by atoms with van der Waals surface area (Å²) in [6, 6.07) is 7.60. The van der Waals surface area contributed by atoms with E-state index in [4.69, 9.17) is 27.6 Å². The zero-order valence-electron chi connectivity index (χ0n) is 9.88. The van der Waals surface area contributed by atoms with Gasteiger partial charge in [0, 0.05) is 17.7 Å². The molecule has 102 valence electrons. The predicted octanol–water partition coefficient (Wildman–Crippen LogP) is 4.29. The number of allylic oxidation sites excluding steroid dienone is 1. The van der Waals surface area contributed by atoms with Crippen molar-refractivity contribution in [3.8, 4) is 11.3 Å². The summed E-state index contributed by atoms with van der Waals surface area (Å²) in [5.74, 6) is 0.832. The fraction of sp³-hybridized carbons (Fsp3) is 0.